The molecule has 3 amide bonds. The van der Waals surface area contributed by atoms with Crippen LogP contribution >= 0.6 is 0 Å². The Morgan fingerprint density at radius 1 is 0.982 bits per heavy atom. The van der Waals surface area contributed by atoms with Gasteiger partial charge in [-0.05, 0) is 44.5 Å². The zero-order valence-corrected chi connectivity index (χ0v) is 32.7. The molecule has 2 aromatic carbocycles. The van der Waals surface area contributed by atoms with Crippen molar-refractivity contribution in [1.29, 1.82) is 0 Å². The summed E-state index contributed by atoms with van der Waals surface area (Å²) in [5.41, 5.74) is 13.2. The highest BCUT2D eigenvalue weighted by Gasteiger charge is 2.28. The van der Waals surface area contributed by atoms with Crippen LogP contribution < -0.4 is 43.0 Å². The van der Waals surface area contributed by atoms with Gasteiger partial charge in [-0.25, -0.2) is 29.2 Å². The molecule has 3 heterocycles. The van der Waals surface area contributed by atoms with Crippen molar-refractivity contribution in [3.05, 3.63) is 59.9 Å². The maximum atomic E-state index is 13.9. The van der Waals surface area contributed by atoms with Crippen molar-refractivity contribution in [2.45, 2.75) is 36.7 Å². The van der Waals surface area contributed by atoms with E-state index in [0.29, 0.717) is 37.1 Å². The number of aromatic nitrogens is 2. The Morgan fingerprint density at radius 2 is 1.70 bits per heavy atom. The smallest absolute Gasteiger partial charge is 0.322 e. The minimum Gasteiger partial charge on any atom is -0.489 e. The number of ether oxygens (including phenoxy) is 4. The van der Waals surface area contributed by atoms with Crippen LogP contribution in [0.4, 0.5) is 11.5 Å². The van der Waals surface area contributed by atoms with Gasteiger partial charge in [0.15, 0.2) is 11.5 Å². The van der Waals surface area contributed by atoms with Gasteiger partial charge < -0.3 is 46.4 Å². The fraction of sp³-hybridized carbons (Fsp3) is 0.444. The lowest BCUT2D eigenvalue weighted by Crippen LogP contribution is -2.45. The van der Waals surface area contributed by atoms with Gasteiger partial charge in [-0.3, -0.25) is 19.2 Å². The number of methoxy groups -OCH3 is 1. The van der Waals surface area contributed by atoms with E-state index < -0.39 is 52.8 Å². The van der Waals surface area contributed by atoms with Gasteiger partial charge in [-0.1, -0.05) is 24.3 Å². The third-order valence-electron chi connectivity index (χ3n) is 8.58. The molecule has 0 radical (unpaired) electrons. The molecule has 0 fully saturated rings. The first-order chi connectivity index (χ1) is 27.4. The SMILES string of the molecule is CNCc1cccc2c1OCCOCCOCCN(CC(=O)NCC(=O)NCCCCC(N)C(=O)OC)S(=O)(=O)c1ccc(cc1)-c1cnc(N)c(n1)C(=O)N2N. The lowest BCUT2D eigenvalue weighted by molar-refractivity contribution is -0.142. The molecule has 3 aromatic rings. The monoisotopic (exact) mass is 814 g/mol. The Balaban J connectivity index is 1.50. The van der Waals surface area contributed by atoms with Gasteiger partial charge in [0.25, 0.3) is 5.91 Å². The van der Waals surface area contributed by atoms with Crippen molar-refractivity contribution in [1.82, 2.24) is 30.2 Å². The van der Waals surface area contributed by atoms with Crippen molar-refractivity contribution in [3.8, 4) is 17.0 Å². The molecule has 4 bridgehead atoms. The van der Waals surface area contributed by atoms with Gasteiger partial charge >= 0.3 is 5.97 Å². The van der Waals surface area contributed by atoms with Crippen LogP contribution in [0.25, 0.3) is 11.3 Å². The molecule has 57 heavy (non-hydrogen) atoms. The van der Waals surface area contributed by atoms with E-state index in [9.17, 15) is 27.6 Å². The second-order valence-electron chi connectivity index (χ2n) is 12.6. The van der Waals surface area contributed by atoms with Crippen LogP contribution in [0.2, 0.25) is 0 Å². The molecular weight excluding hydrogens is 765 g/mol. The van der Waals surface area contributed by atoms with E-state index in [4.69, 9.17) is 31.5 Å². The van der Waals surface area contributed by atoms with E-state index in [0.717, 1.165) is 14.9 Å². The first-order valence-electron chi connectivity index (χ1n) is 18.1. The lowest BCUT2D eigenvalue weighted by atomic mass is 10.1. The second-order valence-corrected chi connectivity index (χ2v) is 14.6. The van der Waals surface area contributed by atoms with E-state index in [1.54, 1.807) is 19.2 Å². The number of carbonyl (C=O) groups is 4. The number of amides is 3. The number of hydrogen-bond donors (Lipinski definition) is 6. The maximum absolute atomic E-state index is 13.9. The van der Waals surface area contributed by atoms with Gasteiger partial charge in [0.05, 0.1) is 63.4 Å². The third kappa shape index (κ3) is 12.6. The molecular formula is C36H50N10O10S. The average molecular weight is 815 g/mol. The largest absolute Gasteiger partial charge is 0.489 e. The number of fused-ring (bicyclic) bond motifs is 13. The summed E-state index contributed by atoms with van der Waals surface area (Å²) in [5, 5.41) is 9.04. The normalized spacial score (nSPS) is 15.9. The number of esters is 1. The number of hydrogen-bond acceptors (Lipinski definition) is 16. The second kappa shape index (κ2) is 21.9. The zero-order chi connectivity index (χ0) is 41.4. The lowest BCUT2D eigenvalue weighted by Gasteiger charge is -2.23. The summed E-state index contributed by atoms with van der Waals surface area (Å²) in [6.45, 7) is -0.0939. The molecule has 1 unspecified atom stereocenters. The number of nitrogens with one attached hydrogen (secondary N) is 3. The highest BCUT2D eigenvalue weighted by molar-refractivity contribution is 7.89. The number of para-hydroxylation sites is 1. The van der Waals surface area contributed by atoms with E-state index in [1.165, 1.54) is 37.6 Å². The first kappa shape index (κ1) is 44.4. The first-order valence-corrected chi connectivity index (χ1v) is 19.5. The standard InChI is InChI=1S/C36H50N10O10S/c1-40-20-25-6-5-8-29-33(25)56-19-18-55-17-16-54-15-14-45(23-31(48)42-22-30(47)41-13-4-3-7-27(37)36(50)53-2)57(51,52)26-11-9-24(10-12-26)28-21-43-34(38)32(44-28)35(49)46(29)39/h5-6,8-12,21,27,40H,3-4,7,13-20,22-23,37,39H2,1-2H3,(H2,38,43)(H,41,47)(H,42,48). The molecule has 20 nitrogen and oxygen atoms in total. The van der Waals surface area contributed by atoms with Crippen LogP contribution in [0.3, 0.4) is 0 Å². The van der Waals surface area contributed by atoms with Crippen LogP contribution in [0.1, 0.15) is 35.3 Å². The van der Waals surface area contributed by atoms with Gasteiger partial charge in [-0.15, -0.1) is 0 Å². The van der Waals surface area contributed by atoms with E-state index in [1.807, 2.05) is 6.07 Å². The highest BCUT2D eigenvalue weighted by Crippen LogP contribution is 2.32. The van der Waals surface area contributed by atoms with Crippen LogP contribution in [0, 0.1) is 0 Å². The third-order valence-corrected chi connectivity index (χ3v) is 10.4. The van der Waals surface area contributed by atoms with Crippen LogP contribution in [-0.2, 0) is 45.2 Å². The number of rotatable bonds is 12. The molecule has 0 aliphatic carbocycles. The molecule has 2 aliphatic heterocycles. The van der Waals surface area contributed by atoms with Gasteiger partial charge in [0.1, 0.15) is 24.1 Å². The zero-order valence-electron chi connectivity index (χ0n) is 31.9. The quantitative estimate of drug-likeness (QED) is 0.0433. The number of unbranched alkanes of at least 4 members (excludes halogenated alkanes) is 1. The fourth-order valence-electron chi connectivity index (χ4n) is 5.54. The molecule has 0 saturated carbocycles. The number of sulfonamides is 1. The fourth-order valence-corrected chi connectivity index (χ4v) is 6.92. The van der Waals surface area contributed by atoms with Gasteiger partial charge in [-0.2, -0.15) is 4.31 Å². The number of carbonyl (C=O) groups excluding carboxylic acids is 4. The minimum atomic E-state index is -4.28. The number of anilines is 2. The molecule has 310 valence electrons. The number of nitrogens with two attached hydrogens (primary N) is 3. The molecule has 0 spiro atoms. The predicted molar refractivity (Wildman–Crippen MR) is 208 cm³/mol. The van der Waals surface area contributed by atoms with Crippen molar-refractivity contribution >= 4 is 45.2 Å². The van der Waals surface area contributed by atoms with Gasteiger partial charge in [0.2, 0.25) is 21.8 Å². The molecule has 1 atom stereocenters. The number of nitrogens with zero attached hydrogens (tertiary/aromatic N) is 4. The Kier molecular flexibility index (Phi) is 17.0. The predicted octanol–water partition coefficient (Wildman–Crippen LogP) is -0.715. The van der Waals surface area contributed by atoms with Gasteiger partial charge in [0, 0.05) is 30.8 Å². The molecule has 0 saturated heterocycles. The summed E-state index contributed by atoms with van der Waals surface area (Å²) in [5.74, 6) is 4.04. The highest BCUT2D eigenvalue weighted by atomic mass is 32.2. The molecule has 1 aromatic heterocycles. The molecule has 9 N–H and O–H groups in total. The van der Waals surface area contributed by atoms with E-state index >= 15 is 0 Å². The Bertz CT molecular complexity index is 1950. The summed E-state index contributed by atoms with van der Waals surface area (Å²) >= 11 is 0. The van der Waals surface area contributed by atoms with E-state index in [2.05, 4.69) is 30.7 Å². The Labute approximate surface area is 330 Å². The van der Waals surface area contributed by atoms with E-state index in [-0.39, 0.29) is 73.9 Å². The summed E-state index contributed by atoms with van der Waals surface area (Å²) in [4.78, 5) is 58.9. The average Bonchev–Trinajstić information content (AvgIpc) is 3.21. The van der Waals surface area contributed by atoms with Crippen molar-refractivity contribution in [2.24, 2.45) is 11.6 Å². The van der Waals surface area contributed by atoms with Crippen LogP contribution in [0.5, 0.6) is 5.75 Å². The van der Waals surface area contributed by atoms with Crippen molar-refractivity contribution in [2.75, 3.05) is 84.1 Å². The number of benzene rings is 2. The summed E-state index contributed by atoms with van der Waals surface area (Å²) in [6, 6.07) is 10.0. The van der Waals surface area contributed by atoms with Crippen molar-refractivity contribution < 1.29 is 46.5 Å². The Hall–Kier alpha value is -5.29. The topological polar surface area (TPSA) is 286 Å². The van der Waals surface area contributed by atoms with Crippen LogP contribution in [0.15, 0.2) is 53.6 Å². The number of nitrogen functional groups attached to an aromatic ring is 1. The Morgan fingerprint density at radius 3 is 2.42 bits per heavy atom. The summed E-state index contributed by atoms with van der Waals surface area (Å²) in [6.07, 6.45) is 2.82. The van der Waals surface area contributed by atoms with Crippen molar-refractivity contribution in [3.63, 3.8) is 0 Å². The number of hydrazine groups is 1. The minimum absolute atomic E-state index is 0.0739. The molecule has 2 aliphatic rings. The summed E-state index contributed by atoms with van der Waals surface area (Å²) in [7, 11) is -1.26. The maximum Gasteiger partial charge on any atom is 0.322 e. The molecule has 21 heteroatoms. The summed E-state index contributed by atoms with van der Waals surface area (Å²) < 4.78 is 50.6. The molecule has 5 rings (SSSR count). The van der Waals surface area contributed by atoms with Crippen LogP contribution in [-0.4, -0.2) is 126 Å².